The summed E-state index contributed by atoms with van der Waals surface area (Å²) in [5, 5.41) is 10.8. The number of aromatic nitrogens is 4. The topological polar surface area (TPSA) is 144 Å². The number of nitrogens with zero attached hydrogens (tertiary/aromatic N) is 6. The Labute approximate surface area is 289 Å². The van der Waals surface area contributed by atoms with E-state index in [1.165, 1.54) is 12.1 Å². The van der Waals surface area contributed by atoms with Gasteiger partial charge in [-0.25, -0.2) is 22.8 Å². The standard InChI is InChI=1S/C36H37FN8O4S/c1-24-20-38-34(39-21-24)26-5-10-29(11-6-26)44-15-17-45(18-16-44)32(46)22-43-14-13-36(23-43,50(2,48)49)35(47)40-28-9-12-31-30(19-28)33(42-41-31)25-3-7-27(37)8-4-25/h3-12,19-21H,13-18,22-23H2,1-2H3,(H,40,47)(H,41,42). The summed E-state index contributed by atoms with van der Waals surface area (Å²) in [5.74, 6) is -0.436. The van der Waals surface area contributed by atoms with Crippen molar-refractivity contribution in [2.24, 2.45) is 0 Å². The molecule has 0 saturated carbocycles. The predicted octanol–water partition coefficient (Wildman–Crippen LogP) is 3.91. The summed E-state index contributed by atoms with van der Waals surface area (Å²) in [5.41, 5.74) is 5.36. The number of anilines is 2. The van der Waals surface area contributed by atoms with Gasteiger partial charge in [0.15, 0.2) is 20.4 Å². The van der Waals surface area contributed by atoms with Crippen LogP contribution in [0.1, 0.15) is 12.0 Å². The molecule has 2 N–H and O–H groups in total. The van der Waals surface area contributed by atoms with Crippen LogP contribution in [0.4, 0.5) is 15.8 Å². The highest BCUT2D eigenvalue weighted by molar-refractivity contribution is 7.93. The molecule has 0 bridgehead atoms. The first-order chi connectivity index (χ1) is 24.0. The average molecular weight is 697 g/mol. The Balaban J connectivity index is 0.974. The number of H-pyrrole nitrogens is 1. The second-order valence-corrected chi connectivity index (χ2v) is 15.3. The van der Waals surface area contributed by atoms with Crippen LogP contribution in [0.15, 0.2) is 79.1 Å². The highest BCUT2D eigenvalue weighted by atomic mass is 32.2. The molecule has 3 aromatic carbocycles. The summed E-state index contributed by atoms with van der Waals surface area (Å²) in [6, 6.07) is 19.1. The molecule has 0 radical (unpaired) electrons. The van der Waals surface area contributed by atoms with E-state index >= 15 is 0 Å². The fourth-order valence-electron chi connectivity index (χ4n) is 6.68. The van der Waals surface area contributed by atoms with Gasteiger partial charge in [-0.2, -0.15) is 5.10 Å². The van der Waals surface area contributed by atoms with Crippen LogP contribution in [0, 0.1) is 12.7 Å². The molecule has 2 aromatic heterocycles. The fraction of sp³-hybridized carbons (Fsp3) is 0.306. The van der Waals surface area contributed by atoms with Crippen LogP contribution in [0.3, 0.4) is 0 Å². The van der Waals surface area contributed by atoms with E-state index in [1.807, 2.05) is 31.2 Å². The van der Waals surface area contributed by atoms with Gasteiger partial charge >= 0.3 is 0 Å². The largest absolute Gasteiger partial charge is 0.368 e. The van der Waals surface area contributed by atoms with Gasteiger partial charge in [-0.1, -0.05) is 0 Å². The number of amides is 2. The van der Waals surface area contributed by atoms with Gasteiger partial charge in [0.25, 0.3) is 0 Å². The summed E-state index contributed by atoms with van der Waals surface area (Å²) in [6.45, 7) is 4.56. The Kier molecular flexibility index (Phi) is 8.82. The zero-order valence-corrected chi connectivity index (χ0v) is 28.6. The maximum absolute atomic E-state index is 13.8. The van der Waals surface area contributed by atoms with Gasteiger partial charge in [-0.3, -0.25) is 19.6 Å². The number of aryl methyl sites for hydroxylation is 1. The third-order valence-electron chi connectivity index (χ3n) is 9.64. The highest BCUT2D eigenvalue weighted by Gasteiger charge is 2.53. The summed E-state index contributed by atoms with van der Waals surface area (Å²) in [7, 11) is -3.87. The van der Waals surface area contributed by atoms with Crippen LogP contribution in [0.5, 0.6) is 0 Å². The predicted molar refractivity (Wildman–Crippen MR) is 190 cm³/mol. The molecule has 0 spiro atoms. The monoisotopic (exact) mass is 696 g/mol. The van der Waals surface area contributed by atoms with Gasteiger partial charge in [-0.05, 0) is 85.6 Å². The molecule has 0 aliphatic carbocycles. The minimum atomic E-state index is -3.87. The Hall–Kier alpha value is -5.21. The zero-order valence-electron chi connectivity index (χ0n) is 27.8. The summed E-state index contributed by atoms with van der Waals surface area (Å²) in [6.07, 6.45) is 4.73. The first kappa shape index (κ1) is 33.3. The summed E-state index contributed by atoms with van der Waals surface area (Å²) >= 11 is 0. The van der Waals surface area contributed by atoms with Crippen molar-refractivity contribution in [2.75, 3.05) is 62.3 Å². The first-order valence-corrected chi connectivity index (χ1v) is 18.3. The van der Waals surface area contributed by atoms with Crippen LogP contribution in [-0.4, -0.2) is 107 Å². The molecule has 2 amide bonds. The Bertz CT molecular complexity index is 2150. The smallest absolute Gasteiger partial charge is 0.247 e. The van der Waals surface area contributed by atoms with E-state index in [2.05, 4.69) is 30.4 Å². The van der Waals surface area contributed by atoms with Crippen molar-refractivity contribution in [1.82, 2.24) is 30.0 Å². The molecule has 2 fully saturated rings. The number of rotatable bonds is 8. The highest BCUT2D eigenvalue weighted by Crippen LogP contribution is 2.33. The molecule has 7 rings (SSSR count). The third kappa shape index (κ3) is 6.55. The Morgan fingerprint density at radius 3 is 2.28 bits per heavy atom. The lowest BCUT2D eigenvalue weighted by atomic mass is 10.1. The van der Waals surface area contributed by atoms with Gasteiger partial charge in [-0.15, -0.1) is 0 Å². The number of hydrogen-bond donors (Lipinski definition) is 2. The minimum absolute atomic E-state index is 0.0256. The van der Waals surface area contributed by atoms with Crippen LogP contribution >= 0.6 is 0 Å². The number of halogens is 1. The van der Waals surface area contributed by atoms with Gasteiger partial charge in [0.1, 0.15) is 5.82 Å². The number of benzene rings is 3. The lowest BCUT2D eigenvalue weighted by Gasteiger charge is -2.37. The van der Waals surface area contributed by atoms with Crippen molar-refractivity contribution >= 4 is 43.9 Å². The van der Waals surface area contributed by atoms with Crippen LogP contribution in [0.25, 0.3) is 33.5 Å². The van der Waals surface area contributed by atoms with Crippen molar-refractivity contribution in [2.45, 2.75) is 18.1 Å². The van der Waals surface area contributed by atoms with Crippen molar-refractivity contribution in [1.29, 1.82) is 0 Å². The maximum Gasteiger partial charge on any atom is 0.247 e. The Morgan fingerprint density at radius 2 is 1.60 bits per heavy atom. The molecule has 258 valence electrons. The summed E-state index contributed by atoms with van der Waals surface area (Å²) < 4.78 is 38.2. The molecule has 1 atom stereocenters. The molecule has 50 heavy (non-hydrogen) atoms. The van der Waals surface area contributed by atoms with Crippen LogP contribution < -0.4 is 10.2 Å². The number of sulfone groups is 1. The maximum atomic E-state index is 13.8. The van der Waals surface area contributed by atoms with Crippen molar-refractivity contribution in [3.05, 3.63) is 90.5 Å². The van der Waals surface area contributed by atoms with E-state index in [-0.39, 0.29) is 31.2 Å². The van der Waals surface area contributed by atoms with E-state index in [0.29, 0.717) is 66.4 Å². The molecule has 1 unspecified atom stereocenters. The quantitative estimate of drug-likeness (QED) is 0.247. The second kappa shape index (κ2) is 13.2. The Morgan fingerprint density at radius 1 is 0.920 bits per heavy atom. The molecule has 5 aromatic rings. The van der Waals surface area contributed by atoms with Gasteiger partial charge in [0, 0.05) is 85.8 Å². The SMILES string of the molecule is Cc1cnc(-c2ccc(N3CCN(C(=O)CN4CCC(C(=O)Nc5ccc6[nH]nc(-c7ccc(F)cc7)c6c5)(S(C)(=O)=O)C4)CC3)cc2)nc1. The number of fused-ring (bicyclic) bond motifs is 1. The molecule has 2 aliphatic rings. The fourth-order valence-corrected chi connectivity index (χ4v) is 7.95. The van der Waals surface area contributed by atoms with Crippen molar-refractivity contribution in [3.63, 3.8) is 0 Å². The number of nitrogens with one attached hydrogen (secondary N) is 2. The zero-order chi connectivity index (χ0) is 35.0. The number of likely N-dealkylation sites (tertiary alicyclic amines) is 1. The molecular formula is C36H37FN8O4S. The lowest BCUT2D eigenvalue weighted by Crippen LogP contribution is -2.53. The van der Waals surface area contributed by atoms with Crippen molar-refractivity contribution in [3.8, 4) is 22.6 Å². The van der Waals surface area contributed by atoms with Crippen LogP contribution in [0.2, 0.25) is 0 Å². The molecule has 2 aliphatic heterocycles. The van der Waals surface area contributed by atoms with E-state index in [0.717, 1.165) is 23.1 Å². The van der Waals surface area contributed by atoms with Crippen molar-refractivity contribution < 1.29 is 22.4 Å². The van der Waals surface area contributed by atoms with E-state index in [1.54, 1.807) is 52.5 Å². The second-order valence-electron chi connectivity index (χ2n) is 13.0. The average Bonchev–Trinajstić information content (AvgIpc) is 3.74. The lowest BCUT2D eigenvalue weighted by molar-refractivity contribution is -0.132. The summed E-state index contributed by atoms with van der Waals surface area (Å²) in [4.78, 5) is 41.7. The van der Waals surface area contributed by atoms with E-state index in [4.69, 9.17) is 0 Å². The van der Waals surface area contributed by atoms with Gasteiger partial charge in [0.2, 0.25) is 11.8 Å². The number of carbonyl (C=O) groups is 2. The number of piperazine rings is 1. The normalized spacial score (nSPS) is 18.5. The van der Waals surface area contributed by atoms with Crippen LogP contribution in [-0.2, 0) is 19.4 Å². The van der Waals surface area contributed by atoms with E-state index < -0.39 is 20.5 Å². The van der Waals surface area contributed by atoms with Gasteiger partial charge < -0.3 is 15.1 Å². The number of carbonyl (C=O) groups excluding carboxylic acids is 2. The van der Waals surface area contributed by atoms with E-state index in [9.17, 15) is 22.4 Å². The molecule has 2 saturated heterocycles. The number of hydrogen-bond acceptors (Lipinski definition) is 9. The molecule has 14 heteroatoms. The first-order valence-electron chi connectivity index (χ1n) is 16.4. The molecule has 12 nitrogen and oxygen atoms in total. The third-order valence-corrected chi connectivity index (χ3v) is 11.6. The molecular weight excluding hydrogens is 660 g/mol. The van der Waals surface area contributed by atoms with Gasteiger partial charge in [0.05, 0.1) is 17.8 Å². The minimum Gasteiger partial charge on any atom is -0.368 e. The number of aromatic amines is 1. The molecule has 4 heterocycles.